The number of hydrogen-bond donors (Lipinski definition) is 2. The summed E-state index contributed by atoms with van der Waals surface area (Å²) in [6.07, 6.45) is 4.21. The van der Waals surface area contributed by atoms with Crippen LogP contribution in [0, 0.1) is 28.8 Å². The molecule has 3 N–H and O–H groups in total. The van der Waals surface area contributed by atoms with Crippen molar-refractivity contribution in [3.63, 3.8) is 0 Å². The maximum atomic E-state index is 17.1. The number of ether oxygens (including phenoxy) is 1. The second-order valence-electron chi connectivity index (χ2n) is 13.5. The van der Waals surface area contributed by atoms with Crippen molar-refractivity contribution in [2.45, 2.75) is 68.4 Å². The summed E-state index contributed by atoms with van der Waals surface area (Å²) in [5.41, 5.74) is 4.94. The number of alkyl halides is 1. The summed E-state index contributed by atoms with van der Waals surface area (Å²) in [6, 6.07) is 2.01. The van der Waals surface area contributed by atoms with E-state index in [1.54, 1.807) is 0 Å². The highest BCUT2D eigenvalue weighted by Gasteiger charge is 2.50. The molecule has 3 aromatic heterocycles. The minimum atomic E-state index is -1.04. The Morgan fingerprint density at radius 2 is 2.02 bits per heavy atom. The monoisotopic (exact) mass is 662 g/mol. The Balaban J connectivity index is 1.29. The molecule has 9 rings (SSSR count). The number of nitrogens with zero attached hydrogens (tertiary/aromatic N) is 6. The number of nitrogen functional groups attached to an aromatic ring is 1. The molecule has 47 heavy (non-hydrogen) atoms. The number of hydrogen-bond acceptors (Lipinski definition) is 10. The number of piperazine rings is 1. The van der Waals surface area contributed by atoms with Crippen molar-refractivity contribution in [1.82, 2.24) is 25.2 Å². The fourth-order valence-corrected chi connectivity index (χ4v) is 9.77. The fraction of sp³-hybridized carbons (Fsp3) is 0.455. The summed E-state index contributed by atoms with van der Waals surface area (Å²) in [5, 5.41) is 13.7. The minimum Gasteiger partial charge on any atom is -0.461 e. The molecule has 5 atom stereocenters. The van der Waals surface area contributed by atoms with Crippen LogP contribution in [0.2, 0.25) is 0 Å². The molecule has 4 saturated heterocycles. The van der Waals surface area contributed by atoms with Gasteiger partial charge in [0, 0.05) is 48.6 Å². The minimum absolute atomic E-state index is 0.0160. The summed E-state index contributed by atoms with van der Waals surface area (Å²) in [7, 11) is 0. The smallest absolute Gasteiger partial charge is 0.319 e. The maximum Gasteiger partial charge on any atom is 0.319 e. The number of nitrogens with two attached hydrogens (primary N) is 1. The van der Waals surface area contributed by atoms with E-state index in [0.717, 1.165) is 49.8 Å². The van der Waals surface area contributed by atoms with Gasteiger partial charge in [0.2, 0.25) is 0 Å². The zero-order valence-electron chi connectivity index (χ0n) is 25.3. The van der Waals surface area contributed by atoms with Crippen LogP contribution in [-0.4, -0.2) is 75.9 Å². The normalized spacial score (nSPS) is 28.1. The van der Waals surface area contributed by atoms with Crippen LogP contribution in [0.5, 0.6) is 6.01 Å². The van der Waals surface area contributed by atoms with Gasteiger partial charge < -0.3 is 20.7 Å². The molecule has 0 saturated carbocycles. The first-order valence-electron chi connectivity index (χ1n) is 15.9. The number of rotatable bonds is 4. The molecule has 1 aromatic carbocycles. The lowest BCUT2D eigenvalue weighted by molar-refractivity contribution is 0.107. The van der Waals surface area contributed by atoms with Gasteiger partial charge >= 0.3 is 6.01 Å². The summed E-state index contributed by atoms with van der Waals surface area (Å²) < 4.78 is 69.8. The molecule has 0 unspecified atom stereocenters. The summed E-state index contributed by atoms with van der Waals surface area (Å²) in [5.74, 6) is -2.38. The predicted molar refractivity (Wildman–Crippen MR) is 170 cm³/mol. The van der Waals surface area contributed by atoms with Crippen LogP contribution in [0.25, 0.3) is 37.8 Å². The van der Waals surface area contributed by atoms with Gasteiger partial charge in [-0.1, -0.05) is 6.58 Å². The number of nitrogens with one attached hydrogen (secondary N) is 1. The van der Waals surface area contributed by atoms with Crippen LogP contribution in [-0.2, 0) is 0 Å². The van der Waals surface area contributed by atoms with Gasteiger partial charge in [0.05, 0.1) is 38.6 Å². The Morgan fingerprint density at radius 1 is 1.17 bits per heavy atom. The van der Waals surface area contributed by atoms with Gasteiger partial charge in [0.1, 0.15) is 41.0 Å². The molecule has 5 aliphatic rings. The first-order chi connectivity index (χ1) is 22.7. The Bertz CT molecular complexity index is 2080. The Kier molecular flexibility index (Phi) is 6.33. The summed E-state index contributed by atoms with van der Waals surface area (Å²) in [4.78, 5) is 17.7. The standard InChI is InChI=1S/C33H30F4N8OS/c1-14-7-20-19-4-3-16(41-19)12-45(20)31-23-21(14)25(36)24(27-22-17(9-38)30(39)47-29(22)18(35)10-40-27)26(37)28(23)42-32(43-31)46-13-33-5-2-6-44(33)11-15(34)8-33/h10,15-16,19-20,41H,1-8,11-13,39H2/t15-,16-,19+,20-,33+/m1/s1. The number of anilines is 2. The van der Waals surface area contributed by atoms with E-state index >= 15 is 8.78 Å². The molecular formula is C33H30F4N8OS. The summed E-state index contributed by atoms with van der Waals surface area (Å²) in [6.45, 7) is 6.09. The molecule has 4 aromatic rings. The van der Waals surface area contributed by atoms with Crippen molar-refractivity contribution in [2.24, 2.45) is 0 Å². The quantitative estimate of drug-likeness (QED) is 0.275. The number of thiophene rings is 1. The van der Waals surface area contributed by atoms with E-state index in [0.29, 0.717) is 37.3 Å². The van der Waals surface area contributed by atoms with Gasteiger partial charge in [-0.05, 0) is 44.2 Å². The lowest BCUT2D eigenvalue weighted by atomic mass is 9.91. The fourth-order valence-electron chi connectivity index (χ4n) is 8.85. The number of pyridine rings is 1. The molecule has 0 amide bonds. The Morgan fingerprint density at radius 3 is 2.85 bits per heavy atom. The number of halogens is 4. The van der Waals surface area contributed by atoms with E-state index in [-0.39, 0.29) is 73.6 Å². The van der Waals surface area contributed by atoms with Crippen molar-refractivity contribution in [1.29, 1.82) is 5.26 Å². The van der Waals surface area contributed by atoms with Crippen molar-refractivity contribution in [2.75, 3.05) is 36.9 Å². The SMILES string of the molecule is C=C1C[C@@H]2[C@@H]3CC[C@H](CN2c2nc(OC[C@@]45CCCN4C[C@H](F)C5)nc4c(F)c(-c5ncc(F)c6sc(N)c(C#N)c56)c(F)c1c24)N3. The molecule has 0 spiro atoms. The molecule has 5 aliphatic heterocycles. The molecular weight excluding hydrogens is 632 g/mol. The topological polar surface area (TPSA) is 116 Å². The molecule has 0 radical (unpaired) electrons. The third-order valence-electron chi connectivity index (χ3n) is 10.9. The van der Waals surface area contributed by atoms with Gasteiger partial charge in [-0.25, -0.2) is 17.6 Å². The van der Waals surface area contributed by atoms with Crippen LogP contribution in [0.3, 0.4) is 0 Å². The zero-order valence-corrected chi connectivity index (χ0v) is 26.1. The average molecular weight is 663 g/mol. The highest BCUT2D eigenvalue weighted by atomic mass is 32.1. The number of fused-ring (bicyclic) bond motifs is 7. The van der Waals surface area contributed by atoms with Crippen molar-refractivity contribution >= 4 is 48.7 Å². The highest BCUT2D eigenvalue weighted by molar-refractivity contribution is 7.23. The van der Waals surface area contributed by atoms with E-state index in [1.807, 2.05) is 6.07 Å². The van der Waals surface area contributed by atoms with E-state index in [4.69, 9.17) is 15.5 Å². The van der Waals surface area contributed by atoms with Gasteiger partial charge in [-0.15, -0.1) is 11.3 Å². The first kappa shape index (κ1) is 29.1. The van der Waals surface area contributed by atoms with Gasteiger partial charge in [0.25, 0.3) is 0 Å². The Hall–Kier alpha value is -4.06. The van der Waals surface area contributed by atoms with Gasteiger partial charge in [-0.3, -0.25) is 9.88 Å². The van der Waals surface area contributed by atoms with E-state index in [1.165, 1.54) is 0 Å². The van der Waals surface area contributed by atoms with Crippen LogP contribution >= 0.6 is 11.3 Å². The lowest BCUT2D eigenvalue weighted by Gasteiger charge is -2.41. The van der Waals surface area contributed by atoms with Crippen LogP contribution in [0.1, 0.15) is 49.7 Å². The van der Waals surface area contributed by atoms with Crippen molar-refractivity contribution in [3.05, 3.63) is 41.4 Å². The third-order valence-corrected chi connectivity index (χ3v) is 11.9. The lowest BCUT2D eigenvalue weighted by Crippen LogP contribution is -2.58. The molecule has 242 valence electrons. The molecule has 9 nitrogen and oxygen atoms in total. The molecule has 8 heterocycles. The molecule has 14 heteroatoms. The first-order valence-corrected chi connectivity index (χ1v) is 16.7. The Labute approximate surface area is 271 Å². The number of benzene rings is 1. The highest BCUT2D eigenvalue weighted by Crippen LogP contribution is 2.49. The number of nitriles is 1. The van der Waals surface area contributed by atoms with E-state index in [2.05, 4.69) is 31.7 Å². The molecule has 2 bridgehead atoms. The third kappa shape index (κ3) is 4.09. The van der Waals surface area contributed by atoms with Crippen molar-refractivity contribution in [3.8, 4) is 23.3 Å². The average Bonchev–Trinajstić information content (AvgIpc) is 3.77. The van der Waals surface area contributed by atoms with Crippen LogP contribution in [0.15, 0.2) is 12.8 Å². The zero-order chi connectivity index (χ0) is 32.4. The molecule has 4 fully saturated rings. The largest absolute Gasteiger partial charge is 0.461 e. The van der Waals surface area contributed by atoms with E-state index in [9.17, 15) is 14.0 Å². The predicted octanol–water partition coefficient (Wildman–Crippen LogP) is 5.46. The second-order valence-corrected chi connectivity index (χ2v) is 14.5. The van der Waals surface area contributed by atoms with Crippen molar-refractivity contribution < 1.29 is 22.3 Å². The molecule has 0 aliphatic carbocycles. The van der Waals surface area contributed by atoms with Gasteiger partial charge in [-0.2, -0.15) is 15.2 Å². The van der Waals surface area contributed by atoms with Crippen LogP contribution < -0.4 is 20.7 Å². The number of aromatic nitrogens is 3. The maximum absolute atomic E-state index is 17.1. The van der Waals surface area contributed by atoms with Crippen LogP contribution in [0.4, 0.5) is 28.4 Å². The van der Waals surface area contributed by atoms with Gasteiger partial charge in [0.15, 0.2) is 11.6 Å². The summed E-state index contributed by atoms with van der Waals surface area (Å²) >= 11 is 0.818. The second kappa shape index (κ2) is 10.2. The van der Waals surface area contributed by atoms with E-state index < -0.39 is 34.7 Å².